The molecule has 94 valence electrons. The van der Waals surface area contributed by atoms with E-state index in [0.29, 0.717) is 11.6 Å². The molecule has 1 heterocycles. The third kappa shape index (κ3) is 3.07. The maximum atomic E-state index is 10.6. The lowest BCUT2D eigenvalue weighted by molar-refractivity contribution is -0.136. The predicted molar refractivity (Wildman–Crippen MR) is 70.1 cm³/mol. The zero-order chi connectivity index (χ0) is 13.0. The molecule has 4 nitrogen and oxygen atoms in total. The van der Waals surface area contributed by atoms with Gasteiger partial charge in [-0.15, -0.1) is 11.3 Å². The van der Waals surface area contributed by atoms with Crippen molar-refractivity contribution >= 4 is 17.3 Å². The molecule has 0 aliphatic carbocycles. The third-order valence-electron chi connectivity index (χ3n) is 2.32. The molecule has 0 aliphatic rings. The Balaban J connectivity index is 2.15. The van der Waals surface area contributed by atoms with Crippen LogP contribution in [-0.4, -0.2) is 22.7 Å². The average molecular weight is 263 g/mol. The largest absolute Gasteiger partial charge is 0.494 e. The topological polar surface area (TPSA) is 59.4 Å². The molecule has 2 aromatic rings. The van der Waals surface area contributed by atoms with Gasteiger partial charge in [0.05, 0.1) is 18.7 Å². The molecule has 0 amide bonds. The van der Waals surface area contributed by atoms with Gasteiger partial charge in [-0.25, -0.2) is 4.98 Å². The van der Waals surface area contributed by atoms with E-state index in [1.54, 1.807) is 0 Å². The van der Waals surface area contributed by atoms with Crippen LogP contribution in [0.5, 0.6) is 5.75 Å². The van der Waals surface area contributed by atoms with Gasteiger partial charge in [0.2, 0.25) is 0 Å². The first-order chi connectivity index (χ1) is 8.69. The second kappa shape index (κ2) is 5.64. The van der Waals surface area contributed by atoms with E-state index in [1.165, 1.54) is 11.3 Å². The molecule has 0 saturated heterocycles. The number of ether oxygens (including phenoxy) is 1. The van der Waals surface area contributed by atoms with Crippen LogP contribution in [0.2, 0.25) is 0 Å². The minimum Gasteiger partial charge on any atom is -0.494 e. The number of carboxylic acid groups (broad SMARTS) is 1. The van der Waals surface area contributed by atoms with E-state index in [9.17, 15) is 4.79 Å². The molecule has 0 unspecified atom stereocenters. The molecule has 0 spiro atoms. The van der Waals surface area contributed by atoms with E-state index < -0.39 is 5.97 Å². The fourth-order valence-electron chi connectivity index (χ4n) is 1.54. The van der Waals surface area contributed by atoms with Gasteiger partial charge < -0.3 is 9.84 Å². The van der Waals surface area contributed by atoms with Crippen molar-refractivity contribution in [1.82, 2.24) is 4.98 Å². The summed E-state index contributed by atoms with van der Waals surface area (Å²) in [6, 6.07) is 7.61. The molecular weight excluding hydrogens is 250 g/mol. The second-order valence-electron chi connectivity index (χ2n) is 3.65. The van der Waals surface area contributed by atoms with E-state index in [1.807, 2.05) is 36.6 Å². The summed E-state index contributed by atoms with van der Waals surface area (Å²) in [6.07, 6.45) is -0.0261. The van der Waals surface area contributed by atoms with Crippen molar-refractivity contribution in [2.75, 3.05) is 6.61 Å². The van der Waals surface area contributed by atoms with Crippen LogP contribution in [0.25, 0.3) is 11.3 Å². The number of carboxylic acids is 1. The third-order valence-corrected chi connectivity index (χ3v) is 3.16. The summed E-state index contributed by atoms with van der Waals surface area (Å²) < 4.78 is 5.36. The fraction of sp³-hybridized carbons (Fsp3) is 0.231. The van der Waals surface area contributed by atoms with Crippen LogP contribution in [0.3, 0.4) is 0 Å². The van der Waals surface area contributed by atoms with Gasteiger partial charge in [-0.2, -0.15) is 0 Å². The lowest BCUT2D eigenvalue weighted by Crippen LogP contribution is -1.99. The monoisotopic (exact) mass is 263 g/mol. The van der Waals surface area contributed by atoms with Crippen LogP contribution in [-0.2, 0) is 11.2 Å². The molecule has 0 bridgehead atoms. The molecule has 0 saturated carbocycles. The first-order valence-electron chi connectivity index (χ1n) is 5.58. The van der Waals surface area contributed by atoms with Crippen molar-refractivity contribution in [3.05, 3.63) is 34.7 Å². The fourth-order valence-corrected chi connectivity index (χ4v) is 2.34. The highest BCUT2D eigenvalue weighted by Gasteiger charge is 2.07. The van der Waals surface area contributed by atoms with E-state index in [-0.39, 0.29) is 6.42 Å². The molecule has 2 rings (SSSR count). The summed E-state index contributed by atoms with van der Waals surface area (Å²) in [6.45, 7) is 2.57. The van der Waals surface area contributed by atoms with Crippen molar-refractivity contribution in [1.29, 1.82) is 0 Å². The Morgan fingerprint density at radius 2 is 2.11 bits per heavy atom. The molecule has 0 fully saturated rings. The number of hydrogen-bond acceptors (Lipinski definition) is 4. The van der Waals surface area contributed by atoms with E-state index in [4.69, 9.17) is 9.84 Å². The summed E-state index contributed by atoms with van der Waals surface area (Å²) in [7, 11) is 0. The molecule has 1 aromatic carbocycles. The quantitative estimate of drug-likeness (QED) is 0.901. The Hall–Kier alpha value is -1.88. The number of aromatic nitrogens is 1. The number of benzene rings is 1. The maximum absolute atomic E-state index is 10.6. The summed E-state index contributed by atoms with van der Waals surface area (Å²) >= 11 is 1.36. The highest BCUT2D eigenvalue weighted by molar-refractivity contribution is 7.10. The number of thiazole rings is 1. The van der Waals surface area contributed by atoms with Crippen molar-refractivity contribution in [2.45, 2.75) is 13.3 Å². The minimum atomic E-state index is -0.859. The second-order valence-corrected chi connectivity index (χ2v) is 4.60. The first-order valence-corrected chi connectivity index (χ1v) is 6.46. The molecule has 1 aromatic heterocycles. The number of hydrogen-bond donors (Lipinski definition) is 1. The van der Waals surface area contributed by atoms with Crippen molar-refractivity contribution in [3.8, 4) is 17.0 Å². The SMILES string of the molecule is CCOc1ccc(-c2csc(CC(=O)O)n2)cc1. The maximum Gasteiger partial charge on any atom is 0.310 e. The van der Waals surface area contributed by atoms with Crippen LogP contribution in [0.4, 0.5) is 0 Å². The Morgan fingerprint density at radius 3 is 2.72 bits per heavy atom. The summed E-state index contributed by atoms with van der Waals surface area (Å²) in [5.74, 6) is -0.0372. The predicted octanol–water partition coefficient (Wildman–Crippen LogP) is 2.84. The van der Waals surface area contributed by atoms with Crippen molar-refractivity contribution in [2.24, 2.45) is 0 Å². The Bertz CT molecular complexity index is 533. The zero-order valence-corrected chi connectivity index (χ0v) is 10.7. The zero-order valence-electron chi connectivity index (χ0n) is 9.92. The van der Waals surface area contributed by atoms with E-state index in [2.05, 4.69) is 4.98 Å². The van der Waals surface area contributed by atoms with Crippen LogP contribution in [0.1, 0.15) is 11.9 Å². The van der Waals surface area contributed by atoms with Gasteiger partial charge in [0.15, 0.2) is 0 Å². The molecule has 18 heavy (non-hydrogen) atoms. The van der Waals surface area contributed by atoms with E-state index >= 15 is 0 Å². The molecule has 0 aliphatic heterocycles. The van der Waals surface area contributed by atoms with E-state index in [0.717, 1.165) is 17.0 Å². The lowest BCUT2D eigenvalue weighted by Gasteiger charge is -2.03. The number of rotatable bonds is 5. The summed E-state index contributed by atoms with van der Waals surface area (Å²) in [5.41, 5.74) is 1.77. The summed E-state index contributed by atoms with van der Waals surface area (Å²) in [5, 5.41) is 11.2. The van der Waals surface area contributed by atoms with Crippen LogP contribution < -0.4 is 4.74 Å². The number of aliphatic carboxylic acids is 1. The van der Waals surface area contributed by atoms with Gasteiger partial charge in [0.1, 0.15) is 10.8 Å². The summed E-state index contributed by atoms with van der Waals surface area (Å²) in [4.78, 5) is 14.9. The van der Waals surface area contributed by atoms with Crippen LogP contribution in [0.15, 0.2) is 29.6 Å². The van der Waals surface area contributed by atoms with Gasteiger partial charge in [0, 0.05) is 10.9 Å². The van der Waals surface area contributed by atoms with Gasteiger partial charge in [0.25, 0.3) is 0 Å². The Kier molecular flexibility index (Phi) is 3.94. The van der Waals surface area contributed by atoms with Crippen molar-refractivity contribution in [3.63, 3.8) is 0 Å². The van der Waals surface area contributed by atoms with Gasteiger partial charge in [-0.05, 0) is 31.2 Å². The molecule has 0 atom stereocenters. The highest BCUT2D eigenvalue weighted by Crippen LogP contribution is 2.24. The lowest BCUT2D eigenvalue weighted by atomic mass is 10.2. The molecular formula is C13H13NO3S. The molecule has 5 heteroatoms. The Morgan fingerprint density at radius 1 is 1.39 bits per heavy atom. The first kappa shape index (κ1) is 12.6. The number of carbonyl (C=O) groups is 1. The highest BCUT2D eigenvalue weighted by atomic mass is 32.1. The van der Waals surface area contributed by atoms with Crippen molar-refractivity contribution < 1.29 is 14.6 Å². The standard InChI is InChI=1S/C13H13NO3S/c1-2-17-10-5-3-9(4-6-10)11-8-18-12(14-11)7-13(15)16/h3-6,8H,2,7H2,1H3,(H,15,16). The minimum absolute atomic E-state index is 0.0261. The Labute approximate surface area is 109 Å². The molecule has 1 N–H and O–H groups in total. The number of nitrogens with zero attached hydrogens (tertiary/aromatic N) is 1. The van der Waals surface area contributed by atoms with Gasteiger partial charge in [-0.1, -0.05) is 0 Å². The van der Waals surface area contributed by atoms with Gasteiger partial charge >= 0.3 is 5.97 Å². The van der Waals surface area contributed by atoms with Gasteiger partial charge in [-0.3, -0.25) is 4.79 Å². The van der Waals surface area contributed by atoms with Crippen LogP contribution in [0, 0.1) is 0 Å². The normalized spacial score (nSPS) is 10.3. The average Bonchev–Trinajstić information content (AvgIpc) is 2.78. The molecule has 0 radical (unpaired) electrons. The smallest absolute Gasteiger partial charge is 0.310 e. The van der Waals surface area contributed by atoms with Crippen LogP contribution >= 0.6 is 11.3 Å².